The van der Waals surface area contributed by atoms with E-state index in [9.17, 15) is 4.79 Å². The minimum atomic E-state index is 0.0362. The van der Waals surface area contributed by atoms with Gasteiger partial charge in [-0.05, 0) is 31.5 Å². The Kier molecular flexibility index (Phi) is 3.18. The highest BCUT2D eigenvalue weighted by atomic mass is 16.3. The number of carbonyl (C=O) groups excluding carboxylic acids is 1. The monoisotopic (exact) mass is 208 g/mol. The largest absolute Gasteiger partial charge is 0.461 e. The molecule has 0 radical (unpaired) electrons. The molecule has 15 heavy (non-hydrogen) atoms. The fourth-order valence-electron chi connectivity index (χ4n) is 1.95. The third-order valence-corrected chi connectivity index (χ3v) is 2.71. The number of piperidine rings is 1. The van der Waals surface area contributed by atoms with Gasteiger partial charge >= 0.3 is 0 Å². The zero-order valence-corrected chi connectivity index (χ0v) is 8.69. The summed E-state index contributed by atoms with van der Waals surface area (Å²) in [7, 11) is 0. The van der Waals surface area contributed by atoms with Crippen LogP contribution in [0.2, 0.25) is 0 Å². The highest BCUT2D eigenvalue weighted by Gasteiger charge is 2.20. The van der Waals surface area contributed by atoms with Crippen LogP contribution in [-0.4, -0.2) is 36.4 Å². The minimum Gasteiger partial charge on any atom is -0.461 e. The van der Waals surface area contributed by atoms with Crippen molar-refractivity contribution < 1.29 is 9.21 Å². The summed E-state index contributed by atoms with van der Waals surface area (Å²) in [6.07, 6.45) is 3.66. The number of nitrogens with zero attached hydrogens (tertiary/aromatic N) is 1. The van der Waals surface area contributed by atoms with Crippen molar-refractivity contribution in [3.8, 4) is 0 Å². The topological polar surface area (TPSA) is 59.5 Å². The third kappa shape index (κ3) is 2.67. The van der Waals surface area contributed by atoms with Gasteiger partial charge in [0, 0.05) is 12.6 Å². The maximum Gasteiger partial charge on any atom is 0.211 e. The lowest BCUT2D eigenvalue weighted by Gasteiger charge is -2.29. The van der Waals surface area contributed by atoms with Crippen LogP contribution < -0.4 is 5.73 Å². The van der Waals surface area contributed by atoms with Crippen LogP contribution in [0.15, 0.2) is 22.8 Å². The van der Waals surface area contributed by atoms with E-state index >= 15 is 0 Å². The summed E-state index contributed by atoms with van der Waals surface area (Å²) < 4.78 is 5.06. The fraction of sp³-hybridized carbons (Fsp3) is 0.545. The number of furan rings is 1. The van der Waals surface area contributed by atoms with Crippen molar-refractivity contribution in [3.05, 3.63) is 24.2 Å². The number of carbonyl (C=O) groups is 1. The molecule has 2 heterocycles. The van der Waals surface area contributed by atoms with Crippen LogP contribution in [0.25, 0.3) is 0 Å². The Morgan fingerprint density at radius 2 is 2.53 bits per heavy atom. The van der Waals surface area contributed by atoms with Crippen LogP contribution >= 0.6 is 0 Å². The molecule has 0 aliphatic carbocycles. The standard InChI is InChI=1S/C11H16N2O2/c12-9-3-1-5-13(7-9)8-10(14)11-4-2-6-15-11/h2,4,6,9H,1,3,5,7-8,12H2. The summed E-state index contributed by atoms with van der Waals surface area (Å²) in [6, 6.07) is 3.64. The van der Waals surface area contributed by atoms with Crippen LogP contribution in [0.1, 0.15) is 23.4 Å². The number of hydrogen-bond acceptors (Lipinski definition) is 4. The molecule has 1 saturated heterocycles. The molecule has 1 aromatic rings. The SMILES string of the molecule is NC1CCCN(CC(=O)c2ccco2)C1. The summed E-state index contributed by atoms with van der Waals surface area (Å²) in [5.41, 5.74) is 5.84. The van der Waals surface area contributed by atoms with Crippen LogP contribution in [0.3, 0.4) is 0 Å². The van der Waals surface area contributed by atoms with E-state index in [2.05, 4.69) is 4.90 Å². The van der Waals surface area contributed by atoms with Gasteiger partial charge in [0.05, 0.1) is 12.8 Å². The highest BCUT2D eigenvalue weighted by Crippen LogP contribution is 2.10. The molecule has 1 aliphatic rings. The van der Waals surface area contributed by atoms with E-state index in [1.165, 1.54) is 6.26 Å². The molecule has 1 aromatic heterocycles. The van der Waals surface area contributed by atoms with Crippen molar-refractivity contribution >= 4 is 5.78 Å². The van der Waals surface area contributed by atoms with Crippen molar-refractivity contribution in [2.45, 2.75) is 18.9 Å². The molecular weight excluding hydrogens is 192 g/mol. The van der Waals surface area contributed by atoms with Crippen molar-refractivity contribution in [1.29, 1.82) is 0 Å². The Balaban J connectivity index is 1.89. The Bertz CT molecular complexity index is 321. The Morgan fingerprint density at radius 3 is 3.20 bits per heavy atom. The summed E-state index contributed by atoms with van der Waals surface area (Å²) >= 11 is 0. The van der Waals surface area contributed by atoms with Gasteiger partial charge in [0.1, 0.15) is 0 Å². The first-order valence-electron chi connectivity index (χ1n) is 5.30. The maximum atomic E-state index is 11.7. The zero-order chi connectivity index (χ0) is 10.7. The third-order valence-electron chi connectivity index (χ3n) is 2.71. The summed E-state index contributed by atoms with van der Waals surface area (Å²) in [5.74, 6) is 0.475. The number of likely N-dealkylation sites (tertiary alicyclic amines) is 1. The van der Waals surface area contributed by atoms with E-state index in [-0.39, 0.29) is 11.8 Å². The van der Waals surface area contributed by atoms with Gasteiger partial charge in [-0.15, -0.1) is 0 Å². The predicted octanol–water partition coefficient (Wildman–Crippen LogP) is 0.885. The number of nitrogens with two attached hydrogens (primary N) is 1. The van der Waals surface area contributed by atoms with E-state index in [1.807, 2.05) is 0 Å². The van der Waals surface area contributed by atoms with Gasteiger partial charge in [-0.1, -0.05) is 0 Å². The average Bonchev–Trinajstić information content (AvgIpc) is 2.70. The molecule has 82 valence electrons. The first kappa shape index (κ1) is 10.4. The van der Waals surface area contributed by atoms with Gasteiger partial charge in [-0.3, -0.25) is 9.69 Å². The van der Waals surface area contributed by atoms with Gasteiger partial charge in [-0.25, -0.2) is 0 Å². The van der Waals surface area contributed by atoms with Gasteiger partial charge in [-0.2, -0.15) is 0 Å². The van der Waals surface area contributed by atoms with E-state index in [1.54, 1.807) is 12.1 Å². The lowest BCUT2D eigenvalue weighted by atomic mass is 10.1. The second-order valence-electron chi connectivity index (χ2n) is 4.04. The lowest BCUT2D eigenvalue weighted by Crippen LogP contribution is -2.44. The van der Waals surface area contributed by atoms with Crippen LogP contribution in [-0.2, 0) is 0 Å². The van der Waals surface area contributed by atoms with Crippen molar-refractivity contribution in [1.82, 2.24) is 4.90 Å². The molecular formula is C11H16N2O2. The van der Waals surface area contributed by atoms with Crippen molar-refractivity contribution in [2.75, 3.05) is 19.6 Å². The highest BCUT2D eigenvalue weighted by molar-refractivity contribution is 5.94. The first-order valence-corrected chi connectivity index (χ1v) is 5.30. The lowest BCUT2D eigenvalue weighted by molar-refractivity contribution is 0.0881. The molecule has 2 N–H and O–H groups in total. The Labute approximate surface area is 89.0 Å². The minimum absolute atomic E-state index is 0.0362. The number of hydrogen-bond donors (Lipinski definition) is 1. The first-order chi connectivity index (χ1) is 7.25. The van der Waals surface area contributed by atoms with Gasteiger partial charge in [0.2, 0.25) is 5.78 Å². The van der Waals surface area contributed by atoms with Gasteiger partial charge in [0.15, 0.2) is 5.76 Å². The second-order valence-corrected chi connectivity index (χ2v) is 4.04. The molecule has 2 rings (SSSR count). The maximum absolute atomic E-state index is 11.7. The van der Waals surface area contributed by atoms with E-state index in [0.29, 0.717) is 12.3 Å². The molecule has 0 saturated carbocycles. The van der Waals surface area contributed by atoms with Gasteiger partial charge < -0.3 is 10.2 Å². The van der Waals surface area contributed by atoms with E-state index in [4.69, 9.17) is 10.2 Å². The fourth-order valence-corrected chi connectivity index (χ4v) is 1.95. The molecule has 1 unspecified atom stereocenters. The van der Waals surface area contributed by atoms with Gasteiger partial charge in [0.25, 0.3) is 0 Å². The predicted molar refractivity (Wildman–Crippen MR) is 56.7 cm³/mol. The molecule has 1 aliphatic heterocycles. The van der Waals surface area contributed by atoms with Crippen molar-refractivity contribution in [2.24, 2.45) is 5.73 Å². The molecule has 0 aromatic carbocycles. The smallest absolute Gasteiger partial charge is 0.211 e. The summed E-state index contributed by atoms with van der Waals surface area (Å²) in [6.45, 7) is 2.19. The van der Waals surface area contributed by atoms with Crippen LogP contribution in [0.4, 0.5) is 0 Å². The quantitative estimate of drug-likeness (QED) is 0.749. The summed E-state index contributed by atoms with van der Waals surface area (Å²) in [4.78, 5) is 13.8. The normalized spacial score (nSPS) is 22.9. The molecule has 1 atom stereocenters. The number of Topliss-reactive ketones (excluding diaryl/α,β-unsaturated/α-hetero) is 1. The summed E-state index contributed by atoms with van der Waals surface area (Å²) in [5, 5.41) is 0. The van der Waals surface area contributed by atoms with Crippen molar-refractivity contribution in [3.63, 3.8) is 0 Å². The van der Waals surface area contributed by atoms with Crippen LogP contribution in [0, 0.1) is 0 Å². The number of ketones is 1. The Hall–Kier alpha value is -1.13. The second kappa shape index (κ2) is 4.59. The van der Waals surface area contributed by atoms with E-state index < -0.39 is 0 Å². The van der Waals surface area contributed by atoms with E-state index in [0.717, 1.165) is 25.9 Å². The Morgan fingerprint density at radius 1 is 1.67 bits per heavy atom. The molecule has 0 bridgehead atoms. The number of rotatable bonds is 3. The zero-order valence-electron chi connectivity index (χ0n) is 8.69. The molecule has 0 amide bonds. The molecule has 1 fully saturated rings. The molecule has 4 heteroatoms. The molecule has 0 spiro atoms. The average molecular weight is 208 g/mol. The van der Waals surface area contributed by atoms with Crippen LogP contribution in [0.5, 0.6) is 0 Å². The molecule has 4 nitrogen and oxygen atoms in total.